The molecule has 4 nitrogen and oxygen atoms in total. The largest absolute Gasteiger partial charge is 0.311 e. The van der Waals surface area contributed by atoms with Crippen LogP contribution in [0.4, 0.5) is 5.69 Å². The molecule has 0 N–H and O–H groups in total. The molecule has 0 bridgehead atoms. The number of rotatable bonds is 3. The number of anilines is 1. The first-order chi connectivity index (χ1) is 8.90. The fourth-order valence-corrected chi connectivity index (χ4v) is 2.44. The van der Waals surface area contributed by atoms with E-state index >= 15 is 0 Å². The maximum absolute atomic E-state index is 11.9. The van der Waals surface area contributed by atoms with Crippen LogP contribution in [0, 0.1) is 12.8 Å². The zero-order valence-electron chi connectivity index (χ0n) is 10.2. The number of carbonyl (C=O) groups excluding carboxylic acids is 3. The maximum Gasteiger partial charge on any atom is 0.252 e. The molecule has 19 heavy (non-hydrogen) atoms. The zero-order chi connectivity index (χ0) is 14.2. The number of halogens is 2. The Morgan fingerprint density at radius 1 is 1.32 bits per heavy atom. The Bertz CT molecular complexity index is 571. The van der Waals surface area contributed by atoms with E-state index in [1.165, 1.54) is 4.90 Å². The van der Waals surface area contributed by atoms with Crippen LogP contribution in [-0.4, -0.2) is 22.9 Å². The number of carbonyl (C=O) groups is 3. The van der Waals surface area contributed by atoms with Gasteiger partial charge in [-0.25, -0.2) is 0 Å². The summed E-state index contributed by atoms with van der Waals surface area (Å²) >= 11 is 10.8. The lowest BCUT2D eigenvalue weighted by molar-refractivity contribution is -0.120. The van der Waals surface area contributed by atoms with Gasteiger partial charge >= 0.3 is 0 Å². The van der Waals surface area contributed by atoms with Crippen molar-refractivity contribution in [3.63, 3.8) is 0 Å². The van der Waals surface area contributed by atoms with E-state index in [0.29, 0.717) is 11.3 Å². The minimum absolute atomic E-state index is 0.123. The van der Waals surface area contributed by atoms with Gasteiger partial charge in [-0.1, -0.05) is 0 Å². The standard InChI is InChI=1S/C13H11Cl2NO3/c1-7-4-8(12(14)18)2-3-10(7)16-6-9(13(15)19)5-11(16)17/h2-4,9H,5-6H2,1H3/t9-/m1/s1. The number of nitrogens with zero attached hydrogens (tertiary/aromatic N) is 1. The molecule has 1 heterocycles. The predicted octanol–water partition coefficient (Wildman–Crippen LogP) is 2.49. The summed E-state index contributed by atoms with van der Waals surface area (Å²) in [7, 11) is 0. The van der Waals surface area contributed by atoms with Crippen molar-refractivity contribution in [1.82, 2.24) is 0 Å². The summed E-state index contributed by atoms with van der Waals surface area (Å²) in [6.07, 6.45) is 0.123. The van der Waals surface area contributed by atoms with E-state index in [9.17, 15) is 14.4 Å². The highest BCUT2D eigenvalue weighted by Gasteiger charge is 2.34. The molecule has 0 spiro atoms. The van der Waals surface area contributed by atoms with Gasteiger partial charge in [0.05, 0.1) is 5.92 Å². The second-order valence-corrected chi connectivity index (χ2v) is 5.20. The van der Waals surface area contributed by atoms with Gasteiger partial charge < -0.3 is 4.90 Å². The number of benzene rings is 1. The average Bonchev–Trinajstić information content (AvgIpc) is 2.71. The van der Waals surface area contributed by atoms with Gasteiger partial charge in [0.15, 0.2) is 0 Å². The molecule has 0 unspecified atom stereocenters. The molecule has 1 aromatic rings. The highest BCUT2D eigenvalue weighted by Crippen LogP contribution is 2.29. The van der Waals surface area contributed by atoms with Gasteiger partial charge in [-0.3, -0.25) is 14.4 Å². The summed E-state index contributed by atoms with van der Waals surface area (Å²) < 4.78 is 0. The van der Waals surface area contributed by atoms with Crippen molar-refractivity contribution in [2.24, 2.45) is 5.92 Å². The fourth-order valence-electron chi connectivity index (χ4n) is 2.17. The van der Waals surface area contributed by atoms with Gasteiger partial charge in [-0.2, -0.15) is 0 Å². The summed E-state index contributed by atoms with van der Waals surface area (Å²) in [6.45, 7) is 2.05. The normalized spacial score (nSPS) is 18.8. The molecular formula is C13H11Cl2NO3. The van der Waals surface area contributed by atoms with Crippen LogP contribution in [-0.2, 0) is 9.59 Å². The predicted molar refractivity (Wildman–Crippen MR) is 72.7 cm³/mol. The first kappa shape index (κ1) is 14.0. The SMILES string of the molecule is Cc1cc(C(=O)Cl)ccc1N1C[C@H](C(=O)Cl)CC1=O. The van der Waals surface area contributed by atoms with Crippen LogP contribution >= 0.6 is 23.2 Å². The Kier molecular flexibility index (Phi) is 3.92. The minimum atomic E-state index is -0.545. The number of hydrogen-bond donors (Lipinski definition) is 0. The molecule has 1 aliphatic heterocycles. The average molecular weight is 300 g/mol. The third-order valence-electron chi connectivity index (χ3n) is 3.16. The van der Waals surface area contributed by atoms with Crippen LogP contribution < -0.4 is 4.90 Å². The first-order valence-corrected chi connectivity index (χ1v) is 6.46. The van der Waals surface area contributed by atoms with E-state index in [2.05, 4.69) is 0 Å². The minimum Gasteiger partial charge on any atom is -0.311 e. The molecule has 1 amide bonds. The maximum atomic E-state index is 11.9. The summed E-state index contributed by atoms with van der Waals surface area (Å²) in [5.41, 5.74) is 1.80. The van der Waals surface area contributed by atoms with Gasteiger partial charge in [0.25, 0.3) is 5.24 Å². The molecule has 2 rings (SSSR count). The third-order valence-corrected chi connectivity index (χ3v) is 3.69. The van der Waals surface area contributed by atoms with Crippen molar-refractivity contribution in [1.29, 1.82) is 0 Å². The molecule has 1 aromatic carbocycles. The molecule has 1 fully saturated rings. The summed E-state index contributed by atoms with van der Waals surface area (Å²) in [4.78, 5) is 35.6. The molecular weight excluding hydrogens is 289 g/mol. The van der Waals surface area contributed by atoms with E-state index in [1.54, 1.807) is 25.1 Å². The highest BCUT2D eigenvalue weighted by atomic mass is 35.5. The molecule has 0 aromatic heterocycles. The van der Waals surface area contributed by atoms with E-state index in [4.69, 9.17) is 23.2 Å². The Balaban J connectivity index is 2.30. The molecule has 0 aliphatic carbocycles. The molecule has 6 heteroatoms. The Hall–Kier alpha value is -1.39. The van der Waals surface area contributed by atoms with Crippen LogP contribution in [0.5, 0.6) is 0 Å². The van der Waals surface area contributed by atoms with Crippen molar-refractivity contribution in [2.75, 3.05) is 11.4 Å². The summed E-state index contributed by atoms with van der Waals surface area (Å²) in [5.74, 6) is -0.616. The smallest absolute Gasteiger partial charge is 0.252 e. The van der Waals surface area contributed by atoms with E-state index in [0.717, 1.165) is 5.56 Å². The highest BCUT2D eigenvalue weighted by molar-refractivity contribution is 6.67. The molecule has 1 saturated heterocycles. The second-order valence-electron chi connectivity index (χ2n) is 4.48. The zero-order valence-corrected chi connectivity index (χ0v) is 11.7. The topological polar surface area (TPSA) is 54.5 Å². The molecule has 1 atom stereocenters. The molecule has 0 saturated carbocycles. The van der Waals surface area contributed by atoms with Gasteiger partial charge in [0.1, 0.15) is 0 Å². The van der Waals surface area contributed by atoms with Crippen molar-refractivity contribution >= 4 is 45.3 Å². The number of amides is 1. The van der Waals surface area contributed by atoms with Gasteiger partial charge in [-0.05, 0) is 53.9 Å². The van der Waals surface area contributed by atoms with E-state index < -0.39 is 16.4 Å². The molecule has 0 radical (unpaired) electrons. The quantitative estimate of drug-likeness (QED) is 0.806. The van der Waals surface area contributed by atoms with Crippen molar-refractivity contribution in [2.45, 2.75) is 13.3 Å². The Morgan fingerprint density at radius 2 is 2.00 bits per heavy atom. The first-order valence-electron chi connectivity index (χ1n) is 5.70. The van der Waals surface area contributed by atoms with Crippen LogP contribution in [0.3, 0.4) is 0 Å². The monoisotopic (exact) mass is 299 g/mol. The lowest BCUT2D eigenvalue weighted by Gasteiger charge is -2.19. The van der Waals surface area contributed by atoms with Crippen LogP contribution in [0.15, 0.2) is 18.2 Å². The van der Waals surface area contributed by atoms with E-state index in [-0.39, 0.29) is 18.9 Å². The Labute approximate surface area is 120 Å². The third kappa shape index (κ3) is 2.80. The van der Waals surface area contributed by atoms with Crippen LogP contribution in [0.2, 0.25) is 0 Å². The number of aryl methyl sites for hydroxylation is 1. The van der Waals surface area contributed by atoms with Crippen LogP contribution in [0.25, 0.3) is 0 Å². The van der Waals surface area contributed by atoms with Gasteiger partial charge in [0, 0.05) is 24.2 Å². The van der Waals surface area contributed by atoms with Crippen molar-refractivity contribution in [3.05, 3.63) is 29.3 Å². The molecule has 1 aliphatic rings. The molecule has 100 valence electrons. The lowest BCUT2D eigenvalue weighted by atomic mass is 10.1. The van der Waals surface area contributed by atoms with Crippen molar-refractivity contribution in [3.8, 4) is 0 Å². The summed E-state index contributed by atoms with van der Waals surface area (Å²) in [5, 5.41) is -1.04. The number of hydrogen-bond acceptors (Lipinski definition) is 3. The second kappa shape index (κ2) is 5.31. The fraction of sp³-hybridized carbons (Fsp3) is 0.308. The van der Waals surface area contributed by atoms with Crippen molar-refractivity contribution < 1.29 is 14.4 Å². The van der Waals surface area contributed by atoms with Gasteiger partial charge in [0.2, 0.25) is 11.1 Å². The van der Waals surface area contributed by atoms with E-state index in [1.807, 2.05) is 0 Å². The van der Waals surface area contributed by atoms with Gasteiger partial charge in [-0.15, -0.1) is 0 Å². The van der Waals surface area contributed by atoms with Crippen LogP contribution in [0.1, 0.15) is 22.3 Å². The lowest BCUT2D eigenvalue weighted by Crippen LogP contribution is -2.26. The summed E-state index contributed by atoms with van der Waals surface area (Å²) in [6, 6.07) is 4.83. The Morgan fingerprint density at radius 3 is 2.47 bits per heavy atom.